The van der Waals surface area contributed by atoms with Crippen LogP contribution >= 0.6 is 0 Å². The van der Waals surface area contributed by atoms with E-state index < -0.39 is 46.9 Å². The monoisotopic (exact) mass is 527 g/mol. The fourth-order valence-corrected chi connectivity index (χ4v) is 7.12. The summed E-state index contributed by atoms with van der Waals surface area (Å²) >= 11 is 0. The molecule has 0 aromatic heterocycles. The van der Waals surface area contributed by atoms with Crippen molar-refractivity contribution in [2.24, 2.45) is 35.0 Å². The third-order valence-electron chi connectivity index (χ3n) is 9.44. The van der Waals surface area contributed by atoms with Crippen LogP contribution in [-0.4, -0.2) is 65.4 Å². The Kier molecular flexibility index (Phi) is 6.77. The molecule has 3 N–H and O–H groups in total. The molecule has 3 aliphatic carbocycles. The Morgan fingerprint density at radius 1 is 1.24 bits per heavy atom. The van der Waals surface area contributed by atoms with Crippen molar-refractivity contribution in [2.45, 2.75) is 83.1 Å². The number of alkyl halides is 1. The molecule has 5 rings (SSSR count). The predicted octanol–water partition coefficient (Wildman–Crippen LogP) is 1.59. The topological polar surface area (TPSA) is 131 Å². The van der Waals surface area contributed by atoms with E-state index in [-0.39, 0.29) is 54.8 Å². The Morgan fingerprint density at radius 3 is 2.53 bits per heavy atom. The van der Waals surface area contributed by atoms with E-state index >= 15 is 0 Å². The number of amides is 4. The molecule has 2 heterocycles. The minimum atomic E-state index is -1.95. The van der Waals surface area contributed by atoms with Gasteiger partial charge in [-0.15, -0.1) is 0 Å². The first-order valence-corrected chi connectivity index (χ1v) is 13.9. The summed E-state index contributed by atoms with van der Waals surface area (Å²) in [5.41, 5.74) is -2.66. The van der Waals surface area contributed by atoms with Crippen LogP contribution < -0.4 is 16.0 Å². The van der Waals surface area contributed by atoms with E-state index in [1.807, 2.05) is 20.8 Å². The molecule has 0 spiro atoms. The van der Waals surface area contributed by atoms with Crippen LogP contribution in [0.4, 0.5) is 4.39 Å². The molecule has 2 saturated heterocycles. The van der Waals surface area contributed by atoms with Crippen molar-refractivity contribution < 1.29 is 23.6 Å². The van der Waals surface area contributed by atoms with Crippen molar-refractivity contribution in [1.82, 2.24) is 20.9 Å². The Hall–Kier alpha value is -2.96. The minimum absolute atomic E-state index is 0.0847. The highest BCUT2D eigenvalue weighted by atomic mass is 19.1. The highest BCUT2D eigenvalue weighted by Gasteiger charge is 2.59. The molecule has 4 fully saturated rings. The number of halogens is 1. The number of rotatable bonds is 7. The van der Waals surface area contributed by atoms with Gasteiger partial charge in [0.25, 0.3) is 5.91 Å². The van der Waals surface area contributed by atoms with Crippen molar-refractivity contribution in [3.05, 3.63) is 12.2 Å². The smallest absolute Gasteiger partial charge is 0.258 e. The molecule has 9 nitrogen and oxygen atoms in total. The van der Waals surface area contributed by atoms with E-state index in [4.69, 9.17) is 0 Å². The molecule has 5 aliphatic rings. The van der Waals surface area contributed by atoms with Gasteiger partial charge in [0.1, 0.15) is 18.1 Å². The van der Waals surface area contributed by atoms with Gasteiger partial charge in [0.15, 0.2) is 5.67 Å². The second-order valence-electron chi connectivity index (χ2n) is 12.9. The van der Waals surface area contributed by atoms with Crippen LogP contribution in [0, 0.1) is 46.3 Å². The zero-order valence-electron chi connectivity index (χ0n) is 22.3. The third-order valence-corrected chi connectivity index (χ3v) is 9.44. The summed E-state index contributed by atoms with van der Waals surface area (Å²) in [6.07, 6.45) is 6.98. The fraction of sp³-hybridized carbons (Fsp3) is 0.750. The number of fused-ring (bicyclic) bond motifs is 5. The molecule has 38 heavy (non-hydrogen) atoms. The zero-order chi connectivity index (χ0) is 27.4. The van der Waals surface area contributed by atoms with Gasteiger partial charge in [0.2, 0.25) is 17.7 Å². The van der Waals surface area contributed by atoms with Crippen LogP contribution in [0.2, 0.25) is 0 Å². The van der Waals surface area contributed by atoms with Gasteiger partial charge >= 0.3 is 0 Å². The van der Waals surface area contributed by atoms with Crippen molar-refractivity contribution in [1.29, 1.82) is 5.26 Å². The summed E-state index contributed by atoms with van der Waals surface area (Å²) in [6.45, 7) is 6.38. The van der Waals surface area contributed by atoms with E-state index in [2.05, 4.69) is 34.2 Å². The minimum Gasteiger partial charge on any atom is -0.356 e. The number of allylic oxidation sites excluding steroid dienone is 2. The van der Waals surface area contributed by atoms with Gasteiger partial charge in [-0.25, -0.2) is 4.39 Å². The van der Waals surface area contributed by atoms with Gasteiger partial charge in [-0.05, 0) is 67.6 Å². The second kappa shape index (κ2) is 9.65. The number of likely N-dealkylation sites (tertiary alicyclic amines) is 1. The van der Waals surface area contributed by atoms with Gasteiger partial charge in [0, 0.05) is 19.0 Å². The van der Waals surface area contributed by atoms with Crippen molar-refractivity contribution in [3.63, 3.8) is 0 Å². The Balaban J connectivity index is 1.38. The Labute approximate surface area is 222 Å². The van der Waals surface area contributed by atoms with Gasteiger partial charge in [-0.3, -0.25) is 19.2 Å². The number of hydrogen-bond donors (Lipinski definition) is 3. The van der Waals surface area contributed by atoms with E-state index in [1.165, 1.54) is 0 Å². The summed E-state index contributed by atoms with van der Waals surface area (Å²) in [5.74, 6) is -1.55. The molecule has 8 atom stereocenters. The molecule has 10 heteroatoms. The lowest BCUT2D eigenvalue weighted by Crippen LogP contribution is -2.62. The van der Waals surface area contributed by atoms with Crippen LogP contribution in [0.15, 0.2) is 12.2 Å². The van der Waals surface area contributed by atoms with Crippen LogP contribution in [-0.2, 0) is 19.2 Å². The first-order valence-electron chi connectivity index (χ1n) is 13.9. The molecule has 0 radical (unpaired) electrons. The molecule has 2 aliphatic heterocycles. The number of hydrogen-bond acceptors (Lipinski definition) is 5. The first-order chi connectivity index (χ1) is 17.9. The maximum absolute atomic E-state index is 14.9. The maximum atomic E-state index is 14.9. The second-order valence-corrected chi connectivity index (χ2v) is 12.9. The van der Waals surface area contributed by atoms with Gasteiger partial charge in [-0.2, -0.15) is 5.26 Å². The molecular formula is C28H38FN5O4. The molecule has 206 valence electrons. The summed E-state index contributed by atoms with van der Waals surface area (Å²) in [6, 6.07) is -0.544. The zero-order valence-corrected chi connectivity index (χ0v) is 22.3. The third kappa shape index (κ3) is 4.58. The van der Waals surface area contributed by atoms with Crippen LogP contribution in [0.3, 0.4) is 0 Å². The summed E-state index contributed by atoms with van der Waals surface area (Å²) in [4.78, 5) is 54.3. The van der Waals surface area contributed by atoms with Crippen LogP contribution in [0.1, 0.15) is 59.3 Å². The lowest BCUT2D eigenvalue weighted by molar-refractivity contribution is -0.149. The average Bonchev–Trinajstić information content (AvgIpc) is 3.61. The van der Waals surface area contributed by atoms with Gasteiger partial charge in [0.05, 0.1) is 6.07 Å². The number of nitrogens with zero attached hydrogens (tertiary/aromatic N) is 2. The molecule has 2 saturated carbocycles. The molecule has 0 aromatic rings. The van der Waals surface area contributed by atoms with Crippen LogP contribution in [0.25, 0.3) is 0 Å². The van der Waals surface area contributed by atoms with Crippen LogP contribution in [0.5, 0.6) is 0 Å². The SMILES string of the molecule is CC(C)(C)[C@H](NC(=O)C1(F)CCC1)C(=O)N1C[C@H]2[C@@H]([C@H]1C(=O)N[C@H](C#N)C[C@@H]1CCNC1=O)[C@H]1C=C[C@@H]2C1. The number of nitriles is 1. The lowest BCUT2D eigenvalue weighted by Gasteiger charge is -2.39. The largest absolute Gasteiger partial charge is 0.356 e. The lowest BCUT2D eigenvalue weighted by atomic mass is 9.79. The number of carbonyl (C=O) groups is 4. The summed E-state index contributed by atoms with van der Waals surface area (Å²) in [5, 5.41) is 18.0. The standard InChI is InChI=1S/C28H38FN5O4/c1-27(2,3)22(33-26(38)28(29)8-4-9-28)25(37)34-14-19-15-5-6-16(11-15)20(19)21(34)24(36)32-18(13-30)12-17-7-10-31-23(17)35/h5-6,15-22H,4,7-12,14H2,1-3H3,(H,31,35)(H,32,36)(H,33,38)/t15-,16+,17+,18+,19-,20+,21+,22-/m1/s1. The number of nitrogens with one attached hydrogen (secondary N) is 3. The van der Waals surface area contributed by atoms with E-state index in [9.17, 15) is 28.8 Å². The van der Waals surface area contributed by atoms with E-state index in [1.54, 1.807) is 4.90 Å². The highest BCUT2D eigenvalue weighted by Crippen LogP contribution is 2.54. The molecule has 0 unspecified atom stereocenters. The van der Waals surface area contributed by atoms with Crippen molar-refractivity contribution in [3.8, 4) is 6.07 Å². The average molecular weight is 528 g/mol. The normalized spacial score (nSPS) is 34.1. The Bertz CT molecular complexity index is 1090. The highest BCUT2D eigenvalue weighted by molar-refractivity contribution is 5.95. The van der Waals surface area contributed by atoms with Gasteiger partial charge in [-0.1, -0.05) is 32.9 Å². The number of carbonyl (C=O) groups excluding carboxylic acids is 4. The predicted molar refractivity (Wildman–Crippen MR) is 136 cm³/mol. The van der Waals surface area contributed by atoms with E-state index in [0.29, 0.717) is 25.9 Å². The van der Waals surface area contributed by atoms with E-state index in [0.717, 1.165) is 6.42 Å². The Morgan fingerprint density at radius 2 is 1.95 bits per heavy atom. The summed E-state index contributed by atoms with van der Waals surface area (Å²) in [7, 11) is 0. The fourth-order valence-electron chi connectivity index (χ4n) is 7.12. The first kappa shape index (κ1) is 26.6. The maximum Gasteiger partial charge on any atom is 0.258 e. The van der Waals surface area contributed by atoms with Gasteiger partial charge < -0.3 is 20.9 Å². The van der Waals surface area contributed by atoms with Crippen molar-refractivity contribution in [2.75, 3.05) is 13.1 Å². The molecule has 4 amide bonds. The summed E-state index contributed by atoms with van der Waals surface area (Å²) < 4.78 is 14.9. The molecule has 2 bridgehead atoms. The molecular weight excluding hydrogens is 489 g/mol. The quantitative estimate of drug-likeness (QED) is 0.433. The molecule has 0 aromatic carbocycles. The van der Waals surface area contributed by atoms with Crippen molar-refractivity contribution >= 4 is 23.6 Å².